The Morgan fingerprint density at radius 1 is 1.14 bits per heavy atom. The average molecular weight is 409 g/mol. The van der Waals surface area contributed by atoms with Crippen LogP contribution in [0.25, 0.3) is 0 Å². The van der Waals surface area contributed by atoms with E-state index in [1.807, 2.05) is 0 Å². The number of nitro groups is 1. The lowest BCUT2D eigenvalue weighted by atomic mass is 10.3. The third kappa shape index (κ3) is 3.62. The van der Waals surface area contributed by atoms with Gasteiger partial charge in [0.05, 0.1) is 4.92 Å². The number of nitriles is 1. The van der Waals surface area contributed by atoms with Gasteiger partial charge in [0.1, 0.15) is 28.4 Å². The lowest BCUT2D eigenvalue weighted by Crippen LogP contribution is -2.49. The number of anilines is 1. The van der Waals surface area contributed by atoms with Crippen molar-refractivity contribution in [3.63, 3.8) is 0 Å². The van der Waals surface area contributed by atoms with Gasteiger partial charge in [-0.3, -0.25) is 10.1 Å². The predicted molar refractivity (Wildman–Crippen MR) is 92.9 cm³/mol. The molecule has 1 aliphatic rings. The van der Waals surface area contributed by atoms with Gasteiger partial charge in [0.25, 0.3) is 0 Å². The molecule has 0 radical (unpaired) electrons. The highest BCUT2D eigenvalue weighted by Gasteiger charge is 2.31. The van der Waals surface area contributed by atoms with Gasteiger partial charge < -0.3 is 4.90 Å². The Morgan fingerprint density at radius 3 is 2.39 bits per heavy atom. The van der Waals surface area contributed by atoms with Crippen LogP contribution in [0.15, 0.2) is 35.2 Å². The van der Waals surface area contributed by atoms with E-state index in [2.05, 4.69) is 4.98 Å². The maximum Gasteiger partial charge on any atom is 0.305 e. The van der Waals surface area contributed by atoms with Crippen LogP contribution in [0.1, 0.15) is 5.69 Å². The molecule has 0 spiro atoms. The molecule has 1 aromatic carbocycles. The first kappa shape index (κ1) is 19.6. The van der Waals surface area contributed by atoms with E-state index in [0.717, 1.165) is 22.5 Å². The second-order valence-electron chi connectivity index (χ2n) is 5.87. The lowest BCUT2D eigenvalue weighted by molar-refractivity contribution is -0.385. The number of piperazine rings is 1. The van der Waals surface area contributed by atoms with Gasteiger partial charge in [-0.25, -0.2) is 22.2 Å². The van der Waals surface area contributed by atoms with Crippen molar-refractivity contribution in [1.29, 1.82) is 5.26 Å². The van der Waals surface area contributed by atoms with Crippen molar-refractivity contribution in [3.05, 3.63) is 57.8 Å². The smallest absolute Gasteiger partial charge is 0.305 e. The summed E-state index contributed by atoms with van der Waals surface area (Å²) < 4.78 is 53.2. The molecule has 28 heavy (non-hydrogen) atoms. The first-order chi connectivity index (χ1) is 13.2. The number of benzene rings is 1. The number of rotatable bonds is 4. The molecular weight excluding hydrogens is 396 g/mol. The van der Waals surface area contributed by atoms with E-state index >= 15 is 0 Å². The summed E-state index contributed by atoms with van der Waals surface area (Å²) in [5.74, 6) is -1.75. The summed E-state index contributed by atoms with van der Waals surface area (Å²) in [4.78, 5) is 15.2. The monoisotopic (exact) mass is 409 g/mol. The van der Waals surface area contributed by atoms with Crippen molar-refractivity contribution in [3.8, 4) is 6.07 Å². The summed E-state index contributed by atoms with van der Waals surface area (Å²) in [7, 11) is -4.14. The molecule has 1 fully saturated rings. The maximum absolute atomic E-state index is 13.9. The molecule has 1 aliphatic heterocycles. The molecule has 0 aliphatic carbocycles. The molecule has 0 N–H and O–H groups in total. The summed E-state index contributed by atoms with van der Waals surface area (Å²) in [6.07, 6.45) is 0. The molecule has 2 heterocycles. The summed E-state index contributed by atoms with van der Waals surface area (Å²) >= 11 is 0. The van der Waals surface area contributed by atoms with Crippen molar-refractivity contribution in [2.75, 3.05) is 31.1 Å². The van der Waals surface area contributed by atoms with Crippen molar-refractivity contribution in [2.45, 2.75) is 4.90 Å². The van der Waals surface area contributed by atoms with Crippen LogP contribution >= 0.6 is 0 Å². The van der Waals surface area contributed by atoms with Gasteiger partial charge in [0, 0.05) is 38.3 Å². The Kier molecular flexibility index (Phi) is 5.21. The molecule has 9 nitrogen and oxygen atoms in total. The molecular formula is C16H13F2N5O4S. The van der Waals surface area contributed by atoms with E-state index in [1.165, 1.54) is 6.07 Å². The van der Waals surface area contributed by atoms with E-state index in [1.54, 1.807) is 11.0 Å². The molecule has 0 saturated carbocycles. The van der Waals surface area contributed by atoms with E-state index in [9.17, 15) is 27.3 Å². The molecule has 1 aromatic heterocycles. The number of halogens is 2. The van der Waals surface area contributed by atoms with Gasteiger partial charge in [0.15, 0.2) is 0 Å². The van der Waals surface area contributed by atoms with Crippen molar-refractivity contribution < 1.29 is 22.1 Å². The summed E-state index contributed by atoms with van der Waals surface area (Å²) in [5.41, 5.74) is -0.759. The van der Waals surface area contributed by atoms with E-state index in [4.69, 9.17) is 5.26 Å². The number of nitrogens with zero attached hydrogens (tertiary/aromatic N) is 5. The standard InChI is InChI=1S/C16H13F2N5O4S/c17-11-1-3-15(12(18)9-11)28(26,27)22-7-5-21(6-8-22)16-4-2-14(23(24)25)13(10-19)20-16/h1-4,9H,5-8H2. The van der Waals surface area contributed by atoms with E-state index < -0.39 is 37.2 Å². The topological polar surface area (TPSA) is 120 Å². The molecule has 1 saturated heterocycles. The Labute approximate surface area is 158 Å². The maximum atomic E-state index is 13.9. The molecule has 0 amide bonds. The first-order valence-electron chi connectivity index (χ1n) is 7.99. The number of pyridine rings is 1. The quantitative estimate of drug-likeness (QED) is 0.556. The highest BCUT2D eigenvalue weighted by atomic mass is 32.2. The highest BCUT2D eigenvalue weighted by molar-refractivity contribution is 7.89. The van der Waals surface area contributed by atoms with Crippen molar-refractivity contribution in [1.82, 2.24) is 9.29 Å². The van der Waals surface area contributed by atoms with Crippen LogP contribution in [0.5, 0.6) is 0 Å². The molecule has 0 bridgehead atoms. The SMILES string of the molecule is N#Cc1nc(N2CCN(S(=O)(=O)c3ccc(F)cc3F)CC2)ccc1[N+](=O)[O-]. The average Bonchev–Trinajstić information content (AvgIpc) is 2.67. The third-order valence-electron chi connectivity index (χ3n) is 4.24. The zero-order valence-electron chi connectivity index (χ0n) is 14.2. The fourth-order valence-electron chi connectivity index (χ4n) is 2.83. The van der Waals surface area contributed by atoms with Crippen LogP contribution in [0.4, 0.5) is 20.3 Å². The van der Waals surface area contributed by atoms with Gasteiger partial charge in [0.2, 0.25) is 15.7 Å². The van der Waals surface area contributed by atoms with Crippen LogP contribution < -0.4 is 4.90 Å². The number of hydrogen-bond acceptors (Lipinski definition) is 7. The summed E-state index contributed by atoms with van der Waals surface area (Å²) in [5, 5.41) is 19.9. The van der Waals surface area contributed by atoms with Crippen LogP contribution in [0.3, 0.4) is 0 Å². The van der Waals surface area contributed by atoms with Crippen LogP contribution in [0, 0.1) is 33.1 Å². The molecule has 0 unspecified atom stereocenters. The van der Waals surface area contributed by atoms with Gasteiger partial charge in [-0.1, -0.05) is 0 Å². The normalized spacial score (nSPS) is 15.2. The van der Waals surface area contributed by atoms with Crippen LogP contribution in [-0.2, 0) is 10.0 Å². The molecule has 146 valence electrons. The third-order valence-corrected chi connectivity index (χ3v) is 6.17. The lowest BCUT2D eigenvalue weighted by Gasteiger charge is -2.34. The Hall–Kier alpha value is -3.17. The molecule has 3 rings (SSSR count). The van der Waals surface area contributed by atoms with Gasteiger partial charge >= 0.3 is 5.69 Å². The minimum Gasteiger partial charge on any atom is -0.354 e. The van der Waals surface area contributed by atoms with Crippen LogP contribution in [0.2, 0.25) is 0 Å². The second kappa shape index (κ2) is 7.45. The van der Waals surface area contributed by atoms with Crippen molar-refractivity contribution >= 4 is 21.5 Å². The zero-order chi connectivity index (χ0) is 20.5. The molecule has 12 heteroatoms. The molecule has 2 aromatic rings. The van der Waals surface area contributed by atoms with Gasteiger partial charge in [-0.2, -0.15) is 9.57 Å². The summed E-state index contributed by atoms with van der Waals surface area (Å²) in [6.45, 7) is 0.356. The van der Waals surface area contributed by atoms with Crippen molar-refractivity contribution in [2.24, 2.45) is 0 Å². The number of aromatic nitrogens is 1. The first-order valence-corrected chi connectivity index (χ1v) is 9.43. The number of sulfonamides is 1. The second-order valence-corrected chi connectivity index (χ2v) is 7.78. The summed E-state index contributed by atoms with van der Waals surface area (Å²) in [6, 6.07) is 6.46. The largest absolute Gasteiger partial charge is 0.354 e. The minimum absolute atomic E-state index is 0.000293. The number of hydrogen-bond donors (Lipinski definition) is 0. The zero-order valence-corrected chi connectivity index (χ0v) is 15.1. The fraction of sp³-hybridized carbons (Fsp3) is 0.250. The Balaban J connectivity index is 1.77. The Bertz CT molecular complexity index is 1080. The molecule has 0 atom stereocenters. The Morgan fingerprint density at radius 2 is 1.82 bits per heavy atom. The van der Waals surface area contributed by atoms with E-state index in [-0.39, 0.29) is 31.9 Å². The van der Waals surface area contributed by atoms with Gasteiger partial charge in [-0.15, -0.1) is 0 Å². The fourth-order valence-corrected chi connectivity index (χ4v) is 4.30. The minimum atomic E-state index is -4.14. The predicted octanol–water partition coefficient (Wildman–Crippen LogP) is 1.65. The van der Waals surface area contributed by atoms with Crippen LogP contribution in [-0.4, -0.2) is 48.8 Å². The highest BCUT2D eigenvalue weighted by Crippen LogP contribution is 2.24. The van der Waals surface area contributed by atoms with Gasteiger partial charge in [-0.05, 0) is 18.2 Å². The van der Waals surface area contributed by atoms with E-state index in [0.29, 0.717) is 11.9 Å².